The summed E-state index contributed by atoms with van der Waals surface area (Å²) in [6, 6.07) is 9.71. The molecule has 27 heavy (non-hydrogen) atoms. The van der Waals surface area contributed by atoms with E-state index < -0.39 is 0 Å². The summed E-state index contributed by atoms with van der Waals surface area (Å²) in [5, 5.41) is 4.32. The second kappa shape index (κ2) is 7.41. The van der Waals surface area contributed by atoms with Crippen molar-refractivity contribution < 1.29 is 0 Å². The number of benzene rings is 1. The van der Waals surface area contributed by atoms with Crippen LogP contribution in [0, 0.1) is 6.92 Å². The van der Waals surface area contributed by atoms with E-state index in [1.165, 1.54) is 0 Å². The lowest BCUT2D eigenvalue weighted by Crippen LogP contribution is -2.16. The molecular weight excluding hydrogens is 340 g/mol. The number of anilines is 1. The van der Waals surface area contributed by atoms with Gasteiger partial charge in [0.1, 0.15) is 0 Å². The number of H-pyrrole nitrogens is 2. The van der Waals surface area contributed by atoms with E-state index in [0.29, 0.717) is 25.3 Å². The molecule has 3 aromatic heterocycles. The van der Waals surface area contributed by atoms with E-state index in [2.05, 4.69) is 42.4 Å². The van der Waals surface area contributed by atoms with Gasteiger partial charge in [0.25, 0.3) is 5.56 Å². The van der Waals surface area contributed by atoms with Crippen LogP contribution in [0.1, 0.15) is 22.6 Å². The summed E-state index contributed by atoms with van der Waals surface area (Å²) in [7, 11) is 0. The van der Waals surface area contributed by atoms with Crippen LogP contribution in [0.25, 0.3) is 10.9 Å². The van der Waals surface area contributed by atoms with Crippen LogP contribution in [0.4, 0.5) is 5.95 Å². The van der Waals surface area contributed by atoms with E-state index in [0.717, 1.165) is 33.5 Å². The van der Waals surface area contributed by atoms with E-state index in [-0.39, 0.29) is 5.56 Å². The molecular formula is C20H20N6O. The summed E-state index contributed by atoms with van der Waals surface area (Å²) in [5.41, 5.74) is 4.80. The van der Waals surface area contributed by atoms with Crippen LogP contribution in [0.3, 0.4) is 0 Å². The maximum Gasteiger partial charge on any atom is 0.252 e. The fourth-order valence-corrected chi connectivity index (χ4v) is 3.19. The van der Waals surface area contributed by atoms with Gasteiger partial charge in [-0.3, -0.25) is 19.7 Å². The predicted molar refractivity (Wildman–Crippen MR) is 105 cm³/mol. The van der Waals surface area contributed by atoms with Crippen molar-refractivity contribution in [1.82, 2.24) is 24.9 Å². The van der Waals surface area contributed by atoms with Crippen LogP contribution in [0.5, 0.6) is 0 Å². The van der Waals surface area contributed by atoms with Crippen LogP contribution < -0.4 is 10.9 Å². The number of aromatic amines is 2. The molecule has 4 rings (SSSR count). The molecule has 3 N–H and O–H groups in total. The lowest BCUT2D eigenvalue weighted by atomic mass is 10.1. The molecule has 0 unspecified atom stereocenters. The van der Waals surface area contributed by atoms with Crippen molar-refractivity contribution in [3.8, 4) is 0 Å². The topological polar surface area (TPSA) is 99.3 Å². The third-order valence-electron chi connectivity index (χ3n) is 4.47. The maximum absolute atomic E-state index is 12.1. The van der Waals surface area contributed by atoms with Gasteiger partial charge in [-0.25, -0.2) is 4.98 Å². The first-order valence-corrected chi connectivity index (χ1v) is 8.84. The summed E-state index contributed by atoms with van der Waals surface area (Å²) in [5.74, 6) is 0.471. The monoisotopic (exact) mass is 360 g/mol. The Labute approximate surface area is 155 Å². The number of hydrogen-bond donors (Lipinski definition) is 3. The second-order valence-electron chi connectivity index (χ2n) is 6.41. The van der Waals surface area contributed by atoms with Crippen LogP contribution in [0.15, 0.2) is 53.7 Å². The highest BCUT2D eigenvalue weighted by atomic mass is 16.1. The van der Waals surface area contributed by atoms with Crippen LogP contribution in [-0.2, 0) is 12.8 Å². The smallest absolute Gasteiger partial charge is 0.252 e. The molecule has 0 saturated heterocycles. The van der Waals surface area contributed by atoms with E-state index in [1.54, 1.807) is 24.7 Å². The minimum atomic E-state index is -0.167. The second-order valence-corrected chi connectivity index (χ2v) is 6.41. The van der Waals surface area contributed by atoms with Crippen LogP contribution in [0.2, 0.25) is 0 Å². The summed E-state index contributed by atoms with van der Waals surface area (Å²) >= 11 is 0. The molecule has 0 fully saturated rings. The van der Waals surface area contributed by atoms with Crippen molar-refractivity contribution >= 4 is 16.9 Å². The molecule has 7 heteroatoms. The Morgan fingerprint density at radius 3 is 2.85 bits per heavy atom. The number of aromatic nitrogens is 5. The van der Waals surface area contributed by atoms with Gasteiger partial charge in [-0.15, -0.1) is 0 Å². The zero-order valence-electron chi connectivity index (χ0n) is 15.0. The van der Waals surface area contributed by atoms with Gasteiger partial charge in [0.15, 0.2) is 0 Å². The summed E-state index contributed by atoms with van der Waals surface area (Å²) in [6.07, 6.45) is 6.34. The zero-order valence-corrected chi connectivity index (χ0v) is 15.0. The highest BCUT2D eigenvalue weighted by molar-refractivity contribution is 5.84. The third-order valence-corrected chi connectivity index (χ3v) is 4.47. The zero-order chi connectivity index (χ0) is 18.6. The van der Waals surface area contributed by atoms with Gasteiger partial charge < -0.3 is 10.3 Å². The summed E-state index contributed by atoms with van der Waals surface area (Å²) < 4.78 is 0. The first kappa shape index (κ1) is 17.0. The number of rotatable bonds is 6. The number of hydrogen-bond acceptors (Lipinski definition) is 5. The Balaban J connectivity index is 1.52. The number of nitrogens with zero attached hydrogens (tertiary/aromatic N) is 3. The quantitative estimate of drug-likeness (QED) is 0.491. The molecule has 0 aliphatic carbocycles. The molecule has 0 spiro atoms. The molecule has 0 aliphatic heterocycles. The molecule has 3 heterocycles. The largest absolute Gasteiger partial charge is 0.358 e. The molecule has 0 bridgehead atoms. The highest BCUT2D eigenvalue weighted by Gasteiger charge is 2.10. The number of para-hydroxylation sites is 1. The lowest BCUT2D eigenvalue weighted by molar-refractivity contribution is 0.911. The van der Waals surface area contributed by atoms with Crippen LogP contribution >= 0.6 is 0 Å². The Morgan fingerprint density at radius 1 is 1.11 bits per heavy atom. The minimum Gasteiger partial charge on any atom is -0.358 e. The average Bonchev–Trinajstić information content (AvgIpc) is 2.98. The first-order chi connectivity index (χ1) is 13.2. The number of aryl methyl sites for hydroxylation is 1. The van der Waals surface area contributed by atoms with E-state index in [9.17, 15) is 4.79 Å². The molecule has 0 aliphatic rings. The van der Waals surface area contributed by atoms with Gasteiger partial charge in [-0.1, -0.05) is 18.2 Å². The molecule has 0 radical (unpaired) electrons. The van der Waals surface area contributed by atoms with E-state index in [4.69, 9.17) is 0 Å². The first-order valence-electron chi connectivity index (χ1n) is 8.84. The molecule has 0 amide bonds. The molecule has 136 valence electrons. The fraction of sp³-hybridized carbons (Fsp3) is 0.200. The minimum absolute atomic E-state index is 0.167. The van der Waals surface area contributed by atoms with Gasteiger partial charge >= 0.3 is 0 Å². The SMILES string of the molecule is Cc1[nH]c2ccccc2c1Cc1cc(=O)[nH]c(NCCc2cnccn2)n1. The molecule has 7 nitrogen and oxygen atoms in total. The Kier molecular flexibility index (Phi) is 4.65. The van der Waals surface area contributed by atoms with Gasteiger partial charge in [0.2, 0.25) is 5.95 Å². The Hall–Kier alpha value is -3.48. The van der Waals surface area contributed by atoms with Crippen molar-refractivity contribution in [3.05, 3.63) is 81.9 Å². The summed E-state index contributed by atoms with van der Waals surface area (Å²) in [4.78, 5) is 31.0. The molecule has 0 saturated carbocycles. The van der Waals surface area contributed by atoms with Gasteiger partial charge in [0, 0.05) is 60.6 Å². The van der Waals surface area contributed by atoms with Crippen LogP contribution in [-0.4, -0.2) is 31.5 Å². The van der Waals surface area contributed by atoms with Crippen molar-refractivity contribution in [2.45, 2.75) is 19.8 Å². The predicted octanol–water partition coefficient (Wildman–Crippen LogP) is 2.60. The number of nitrogens with one attached hydrogen (secondary N) is 3. The molecule has 0 atom stereocenters. The highest BCUT2D eigenvalue weighted by Crippen LogP contribution is 2.23. The van der Waals surface area contributed by atoms with Gasteiger partial charge in [-0.05, 0) is 18.6 Å². The average molecular weight is 360 g/mol. The van der Waals surface area contributed by atoms with E-state index >= 15 is 0 Å². The molecule has 1 aromatic carbocycles. The fourth-order valence-electron chi connectivity index (χ4n) is 3.19. The lowest BCUT2D eigenvalue weighted by Gasteiger charge is -2.07. The number of fused-ring (bicyclic) bond motifs is 1. The maximum atomic E-state index is 12.1. The van der Waals surface area contributed by atoms with Crippen molar-refractivity contribution in [2.24, 2.45) is 0 Å². The van der Waals surface area contributed by atoms with E-state index in [1.807, 2.05) is 19.1 Å². The standard InChI is InChI=1S/C20H20N6O/c1-13-17(16-4-2-3-5-18(16)24-13)10-15-11-19(27)26-20(25-15)23-7-6-14-12-21-8-9-22-14/h2-5,8-9,11-12,24H,6-7,10H2,1H3,(H2,23,25,26,27). The van der Waals surface area contributed by atoms with Crippen molar-refractivity contribution in [3.63, 3.8) is 0 Å². The Morgan fingerprint density at radius 2 is 2.00 bits per heavy atom. The Bertz CT molecular complexity index is 1120. The van der Waals surface area contributed by atoms with Crippen molar-refractivity contribution in [2.75, 3.05) is 11.9 Å². The third kappa shape index (κ3) is 3.87. The molecule has 4 aromatic rings. The van der Waals surface area contributed by atoms with Gasteiger partial charge in [0.05, 0.1) is 11.4 Å². The van der Waals surface area contributed by atoms with Crippen molar-refractivity contribution in [1.29, 1.82) is 0 Å². The van der Waals surface area contributed by atoms with Gasteiger partial charge in [-0.2, -0.15) is 0 Å². The summed E-state index contributed by atoms with van der Waals surface area (Å²) in [6.45, 7) is 2.65. The normalized spacial score (nSPS) is 11.0.